The number of fused-ring (bicyclic) bond motifs is 1. The minimum Gasteiger partial charge on any atom is -0.482 e. The highest BCUT2D eigenvalue weighted by Crippen LogP contribution is 2.36. The van der Waals surface area contributed by atoms with E-state index >= 15 is 0 Å². The van der Waals surface area contributed by atoms with E-state index in [0.29, 0.717) is 23.7 Å². The molecule has 0 saturated carbocycles. The number of amides is 1. The Morgan fingerprint density at radius 2 is 2.30 bits per heavy atom. The van der Waals surface area contributed by atoms with Crippen molar-refractivity contribution in [3.63, 3.8) is 0 Å². The molecule has 0 radical (unpaired) electrons. The lowest BCUT2D eigenvalue weighted by Crippen LogP contribution is -2.26. The van der Waals surface area contributed by atoms with E-state index in [1.54, 1.807) is 12.3 Å². The number of carbonyl (C=O) groups is 1. The van der Waals surface area contributed by atoms with Gasteiger partial charge >= 0.3 is 0 Å². The molecule has 1 aromatic carbocycles. The van der Waals surface area contributed by atoms with Gasteiger partial charge in [0.1, 0.15) is 11.5 Å². The number of hydrogen-bond acceptors (Lipinski definition) is 5. The Kier molecular flexibility index (Phi) is 2.98. The SMILES string of the molecule is CN(Cc1ccco1)c1cc2c(cc1N)OCC(=O)N2. The number of furan rings is 1. The summed E-state index contributed by atoms with van der Waals surface area (Å²) in [5, 5.41) is 2.77. The highest BCUT2D eigenvalue weighted by atomic mass is 16.5. The first kappa shape index (κ1) is 12.4. The largest absolute Gasteiger partial charge is 0.482 e. The van der Waals surface area contributed by atoms with Crippen molar-refractivity contribution >= 4 is 23.0 Å². The number of rotatable bonds is 3. The van der Waals surface area contributed by atoms with E-state index in [4.69, 9.17) is 14.9 Å². The maximum atomic E-state index is 11.4. The third kappa shape index (κ3) is 2.27. The third-order valence-corrected chi connectivity index (χ3v) is 3.15. The first-order valence-corrected chi connectivity index (χ1v) is 6.23. The van der Waals surface area contributed by atoms with Crippen molar-refractivity contribution in [2.75, 3.05) is 29.6 Å². The fourth-order valence-electron chi connectivity index (χ4n) is 2.18. The summed E-state index contributed by atoms with van der Waals surface area (Å²) in [5.41, 5.74) is 8.08. The van der Waals surface area contributed by atoms with Gasteiger partial charge in [0.15, 0.2) is 6.61 Å². The average molecular weight is 273 g/mol. The Morgan fingerprint density at radius 1 is 1.45 bits per heavy atom. The van der Waals surface area contributed by atoms with Crippen LogP contribution < -0.4 is 20.7 Å². The molecule has 1 aliphatic rings. The molecule has 6 nitrogen and oxygen atoms in total. The Labute approximate surface area is 116 Å². The fraction of sp³-hybridized carbons (Fsp3) is 0.214. The zero-order valence-corrected chi connectivity index (χ0v) is 11.1. The lowest BCUT2D eigenvalue weighted by molar-refractivity contribution is -0.118. The molecule has 104 valence electrons. The number of nitrogens with zero attached hydrogens (tertiary/aromatic N) is 1. The predicted octanol–water partition coefficient (Wildman–Crippen LogP) is 1.83. The molecule has 1 aliphatic heterocycles. The number of nitrogen functional groups attached to an aromatic ring is 1. The molecule has 3 N–H and O–H groups in total. The van der Waals surface area contributed by atoms with Crippen molar-refractivity contribution in [3.05, 3.63) is 36.3 Å². The Hall–Kier alpha value is -2.63. The van der Waals surface area contributed by atoms with E-state index in [-0.39, 0.29) is 12.5 Å². The quantitative estimate of drug-likeness (QED) is 0.834. The number of hydrogen-bond donors (Lipinski definition) is 2. The zero-order valence-electron chi connectivity index (χ0n) is 11.1. The van der Waals surface area contributed by atoms with Gasteiger partial charge in [-0.05, 0) is 18.2 Å². The molecule has 0 saturated heterocycles. The highest BCUT2D eigenvalue weighted by Gasteiger charge is 2.19. The summed E-state index contributed by atoms with van der Waals surface area (Å²) < 4.78 is 10.6. The van der Waals surface area contributed by atoms with Crippen molar-refractivity contribution in [2.24, 2.45) is 0 Å². The lowest BCUT2D eigenvalue weighted by Gasteiger charge is -2.24. The van der Waals surface area contributed by atoms with Gasteiger partial charge in [0.05, 0.1) is 29.9 Å². The average Bonchev–Trinajstić information content (AvgIpc) is 2.91. The van der Waals surface area contributed by atoms with E-state index in [2.05, 4.69) is 5.32 Å². The van der Waals surface area contributed by atoms with Crippen molar-refractivity contribution in [2.45, 2.75) is 6.54 Å². The van der Waals surface area contributed by atoms with Crippen molar-refractivity contribution < 1.29 is 13.9 Å². The van der Waals surface area contributed by atoms with E-state index in [1.165, 1.54) is 0 Å². The van der Waals surface area contributed by atoms with Crippen LogP contribution in [0.2, 0.25) is 0 Å². The van der Waals surface area contributed by atoms with Crippen LogP contribution >= 0.6 is 0 Å². The molecule has 20 heavy (non-hydrogen) atoms. The van der Waals surface area contributed by atoms with Gasteiger partial charge in [-0.1, -0.05) is 0 Å². The zero-order chi connectivity index (χ0) is 14.1. The Morgan fingerprint density at radius 3 is 3.05 bits per heavy atom. The van der Waals surface area contributed by atoms with Gasteiger partial charge in [-0.3, -0.25) is 4.79 Å². The molecule has 0 atom stereocenters. The second kappa shape index (κ2) is 4.80. The second-order valence-corrected chi connectivity index (χ2v) is 4.68. The maximum Gasteiger partial charge on any atom is 0.262 e. The Balaban J connectivity index is 1.89. The second-order valence-electron chi connectivity index (χ2n) is 4.68. The number of ether oxygens (including phenoxy) is 1. The number of benzene rings is 1. The van der Waals surface area contributed by atoms with E-state index in [9.17, 15) is 4.79 Å². The fourth-order valence-corrected chi connectivity index (χ4v) is 2.18. The van der Waals surface area contributed by atoms with Crippen LogP contribution in [-0.2, 0) is 11.3 Å². The molecular weight excluding hydrogens is 258 g/mol. The summed E-state index contributed by atoms with van der Waals surface area (Å²) in [4.78, 5) is 13.3. The molecule has 2 aromatic rings. The molecule has 2 heterocycles. The molecule has 0 aliphatic carbocycles. The molecule has 6 heteroatoms. The maximum absolute atomic E-state index is 11.4. The first-order valence-electron chi connectivity index (χ1n) is 6.23. The summed E-state index contributed by atoms with van der Waals surface area (Å²) in [6, 6.07) is 7.27. The summed E-state index contributed by atoms with van der Waals surface area (Å²) in [7, 11) is 1.91. The number of anilines is 3. The summed E-state index contributed by atoms with van der Waals surface area (Å²) in [6.07, 6.45) is 1.63. The van der Waals surface area contributed by atoms with Crippen LogP contribution in [0.15, 0.2) is 34.9 Å². The minimum absolute atomic E-state index is 0.0218. The van der Waals surface area contributed by atoms with Crippen LogP contribution in [0.4, 0.5) is 17.1 Å². The topological polar surface area (TPSA) is 80.7 Å². The summed E-state index contributed by atoms with van der Waals surface area (Å²) in [6.45, 7) is 0.610. The monoisotopic (exact) mass is 273 g/mol. The first-order chi connectivity index (χ1) is 9.63. The van der Waals surface area contributed by atoms with E-state index < -0.39 is 0 Å². The van der Waals surface area contributed by atoms with E-state index in [1.807, 2.05) is 30.1 Å². The van der Waals surface area contributed by atoms with Gasteiger partial charge in [0.2, 0.25) is 0 Å². The molecule has 1 aromatic heterocycles. The van der Waals surface area contributed by atoms with Crippen LogP contribution in [0.25, 0.3) is 0 Å². The van der Waals surface area contributed by atoms with E-state index in [0.717, 1.165) is 11.4 Å². The molecule has 0 unspecified atom stereocenters. The third-order valence-electron chi connectivity index (χ3n) is 3.15. The summed E-state index contributed by atoms with van der Waals surface area (Å²) in [5.74, 6) is 1.27. The molecule has 0 bridgehead atoms. The van der Waals surface area contributed by atoms with Crippen LogP contribution in [-0.4, -0.2) is 19.6 Å². The molecular formula is C14H15N3O3. The van der Waals surface area contributed by atoms with Crippen molar-refractivity contribution in [1.29, 1.82) is 0 Å². The number of nitrogens with one attached hydrogen (secondary N) is 1. The van der Waals surface area contributed by atoms with Crippen molar-refractivity contribution in [3.8, 4) is 5.75 Å². The normalized spacial score (nSPS) is 13.3. The standard InChI is InChI=1S/C14H15N3O3/c1-17(7-9-3-2-4-19-9)12-6-11-13(5-10(12)15)20-8-14(18)16-11/h2-6H,7-8,15H2,1H3,(H,16,18). The Bertz CT molecular complexity index is 637. The number of carbonyl (C=O) groups excluding carboxylic acids is 1. The minimum atomic E-state index is -0.165. The van der Waals surface area contributed by atoms with Gasteiger partial charge in [-0.2, -0.15) is 0 Å². The molecule has 0 fully saturated rings. The van der Waals surface area contributed by atoms with Gasteiger partial charge in [0, 0.05) is 13.1 Å². The highest BCUT2D eigenvalue weighted by molar-refractivity contribution is 5.97. The van der Waals surface area contributed by atoms with Crippen LogP contribution in [0, 0.1) is 0 Å². The molecule has 3 rings (SSSR count). The smallest absolute Gasteiger partial charge is 0.262 e. The summed E-state index contributed by atoms with van der Waals surface area (Å²) >= 11 is 0. The van der Waals surface area contributed by atoms with Gasteiger partial charge in [-0.25, -0.2) is 0 Å². The van der Waals surface area contributed by atoms with Gasteiger partial charge < -0.3 is 25.1 Å². The van der Waals surface area contributed by atoms with Crippen LogP contribution in [0.5, 0.6) is 5.75 Å². The molecule has 1 amide bonds. The van der Waals surface area contributed by atoms with Crippen LogP contribution in [0.1, 0.15) is 5.76 Å². The lowest BCUT2D eigenvalue weighted by atomic mass is 10.2. The predicted molar refractivity (Wildman–Crippen MR) is 75.8 cm³/mol. The van der Waals surface area contributed by atoms with Gasteiger partial charge in [0.25, 0.3) is 5.91 Å². The van der Waals surface area contributed by atoms with Crippen molar-refractivity contribution in [1.82, 2.24) is 0 Å². The number of nitrogens with two attached hydrogens (primary N) is 1. The molecule has 0 spiro atoms. The van der Waals surface area contributed by atoms with Crippen LogP contribution in [0.3, 0.4) is 0 Å². The van der Waals surface area contributed by atoms with Gasteiger partial charge in [-0.15, -0.1) is 0 Å².